The summed E-state index contributed by atoms with van der Waals surface area (Å²) in [5.74, 6) is -0.165. The molecule has 3 N–H and O–H groups in total. The van der Waals surface area contributed by atoms with Crippen LogP contribution in [0.4, 0.5) is 4.39 Å². The number of amides is 1. The van der Waals surface area contributed by atoms with Crippen LogP contribution in [-0.4, -0.2) is 31.1 Å². The molecule has 1 fully saturated rings. The first-order valence-corrected chi connectivity index (χ1v) is 12.9. The van der Waals surface area contributed by atoms with Gasteiger partial charge in [0.15, 0.2) is 0 Å². The second-order valence-electron chi connectivity index (χ2n) is 9.66. The number of nitrogens with one attached hydrogen (secondary N) is 3. The van der Waals surface area contributed by atoms with Crippen LogP contribution in [0, 0.1) is 11.7 Å². The van der Waals surface area contributed by atoms with E-state index in [-0.39, 0.29) is 17.6 Å². The number of halogens is 1. The van der Waals surface area contributed by atoms with Crippen LogP contribution in [0.2, 0.25) is 0 Å². The lowest BCUT2D eigenvalue weighted by Crippen LogP contribution is -2.33. The Kier molecular flexibility index (Phi) is 6.36. The predicted molar refractivity (Wildman–Crippen MR) is 152 cm³/mol. The number of pyridine rings is 2. The lowest BCUT2D eigenvalue weighted by molar-refractivity contribution is -0.126. The van der Waals surface area contributed by atoms with E-state index < -0.39 is 0 Å². The number of hydrogen-bond donors (Lipinski definition) is 3. The van der Waals surface area contributed by atoms with E-state index in [2.05, 4.69) is 37.0 Å². The fourth-order valence-corrected chi connectivity index (χ4v) is 4.83. The molecule has 0 saturated heterocycles. The Balaban J connectivity index is 1.36. The van der Waals surface area contributed by atoms with Gasteiger partial charge in [-0.3, -0.25) is 19.9 Å². The number of benzene rings is 1. The van der Waals surface area contributed by atoms with Gasteiger partial charge in [0, 0.05) is 39.7 Å². The van der Waals surface area contributed by atoms with Crippen molar-refractivity contribution in [3.63, 3.8) is 0 Å². The molecule has 0 bridgehead atoms. The third-order valence-corrected chi connectivity index (χ3v) is 7.25. The van der Waals surface area contributed by atoms with Crippen LogP contribution in [0.15, 0.2) is 85.4 Å². The molecule has 0 aliphatic heterocycles. The molecule has 7 nitrogen and oxygen atoms in total. The van der Waals surface area contributed by atoms with Gasteiger partial charge in [-0.25, -0.2) is 4.39 Å². The van der Waals surface area contributed by atoms with E-state index in [0.717, 1.165) is 75.0 Å². The van der Waals surface area contributed by atoms with Crippen LogP contribution in [0.1, 0.15) is 31.9 Å². The van der Waals surface area contributed by atoms with Crippen molar-refractivity contribution in [2.24, 2.45) is 5.92 Å². The monoisotopic (exact) mass is 518 g/mol. The lowest BCUT2D eigenvalue weighted by atomic mass is 9.85. The first-order chi connectivity index (χ1) is 19.0. The zero-order chi connectivity index (χ0) is 26.9. The van der Waals surface area contributed by atoms with Crippen molar-refractivity contribution in [2.75, 3.05) is 0 Å². The highest BCUT2D eigenvalue weighted by Gasteiger charge is 2.25. The standard InChI is InChI=1S/C31H27FN6O/c1-3-18(14-22(4-2)35-31(39)20-6-5-7-20)26-15-24-28(17-34-26)37-38-30(24)27-16-23-25(36-27)12-13-33-29(23)19-8-10-21(32)11-9-19/h3-4,8-17,20,36H,2,5-7H2,1H3,(H,35,39)(H,37,38)/b18-3+,22-14+. The summed E-state index contributed by atoms with van der Waals surface area (Å²) >= 11 is 0. The van der Waals surface area contributed by atoms with Crippen LogP contribution in [0.5, 0.6) is 0 Å². The van der Waals surface area contributed by atoms with Crippen molar-refractivity contribution in [3.8, 4) is 22.6 Å². The van der Waals surface area contributed by atoms with Gasteiger partial charge in [-0.05, 0) is 80.0 Å². The summed E-state index contributed by atoms with van der Waals surface area (Å²) < 4.78 is 13.5. The molecule has 0 spiro atoms. The Morgan fingerprint density at radius 2 is 1.87 bits per heavy atom. The number of rotatable bonds is 7. The molecule has 1 amide bonds. The Morgan fingerprint density at radius 3 is 2.59 bits per heavy atom. The Morgan fingerprint density at radius 1 is 1.08 bits per heavy atom. The van der Waals surface area contributed by atoms with Gasteiger partial charge in [0.25, 0.3) is 0 Å². The van der Waals surface area contributed by atoms with E-state index >= 15 is 0 Å². The maximum Gasteiger partial charge on any atom is 0.227 e. The second-order valence-corrected chi connectivity index (χ2v) is 9.66. The molecule has 0 radical (unpaired) electrons. The summed E-state index contributed by atoms with van der Waals surface area (Å²) in [6, 6.07) is 12.2. The van der Waals surface area contributed by atoms with Gasteiger partial charge < -0.3 is 10.3 Å². The second kappa shape index (κ2) is 10.1. The van der Waals surface area contributed by atoms with Crippen molar-refractivity contribution in [2.45, 2.75) is 26.2 Å². The van der Waals surface area contributed by atoms with E-state index in [1.807, 2.05) is 37.3 Å². The lowest BCUT2D eigenvalue weighted by Gasteiger charge is -2.24. The average Bonchev–Trinajstić information content (AvgIpc) is 3.54. The van der Waals surface area contributed by atoms with Crippen LogP contribution < -0.4 is 5.32 Å². The molecule has 5 aromatic rings. The minimum atomic E-state index is -0.288. The molecule has 1 aliphatic carbocycles. The van der Waals surface area contributed by atoms with Crippen LogP contribution >= 0.6 is 0 Å². The maximum atomic E-state index is 13.5. The van der Waals surface area contributed by atoms with Gasteiger partial charge >= 0.3 is 0 Å². The topological polar surface area (TPSA) is 99.3 Å². The summed E-state index contributed by atoms with van der Waals surface area (Å²) in [6.45, 7) is 5.81. The third-order valence-electron chi connectivity index (χ3n) is 7.25. The summed E-state index contributed by atoms with van der Waals surface area (Å²) in [5.41, 5.74) is 7.11. The largest absolute Gasteiger partial charge is 0.353 e. The van der Waals surface area contributed by atoms with Gasteiger partial charge in [-0.1, -0.05) is 19.1 Å². The van der Waals surface area contributed by atoms with E-state index in [0.29, 0.717) is 5.70 Å². The van der Waals surface area contributed by atoms with Gasteiger partial charge in [0.2, 0.25) is 5.91 Å². The number of fused-ring (bicyclic) bond motifs is 2. The van der Waals surface area contributed by atoms with E-state index in [4.69, 9.17) is 0 Å². The number of aromatic nitrogens is 5. The summed E-state index contributed by atoms with van der Waals surface area (Å²) in [7, 11) is 0. The minimum absolute atomic E-state index is 0.0386. The fourth-order valence-electron chi connectivity index (χ4n) is 4.83. The highest BCUT2D eigenvalue weighted by Crippen LogP contribution is 2.34. The number of carbonyl (C=O) groups is 1. The predicted octanol–water partition coefficient (Wildman–Crippen LogP) is 6.70. The summed E-state index contributed by atoms with van der Waals surface area (Å²) in [6.07, 6.45) is 12.0. The number of hydrogen-bond acceptors (Lipinski definition) is 4. The molecule has 4 aromatic heterocycles. The number of nitrogens with zero attached hydrogens (tertiary/aromatic N) is 3. The van der Waals surface area contributed by atoms with Crippen LogP contribution in [-0.2, 0) is 4.79 Å². The number of aromatic amines is 2. The molecule has 194 valence electrons. The van der Waals surface area contributed by atoms with Gasteiger partial charge in [-0.15, -0.1) is 0 Å². The van der Waals surface area contributed by atoms with Crippen molar-refractivity contribution in [1.29, 1.82) is 0 Å². The maximum absolute atomic E-state index is 13.5. The number of allylic oxidation sites excluding steroid dienone is 4. The fraction of sp³-hybridized carbons (Fsp3) is 0.161. The molecule has 0 unspecified atom stereocenters. The Labute approximate surface area is 224 Å². The quantitative estimate of drug-likeness (QED) is 0.209. The molecule has 4 heterocycles. The highest BCUT2D eigenvalue weighted by atomic mass is 19.1. The SMILES string of the molecule is C=C/C(=C\C(=C/C)c1cc2c(-c3cc4c(-c5ccc(F)cc5)nccc4[nH]3)n[nH]c2cn1)NC(=O)C1CCC1. The highest BCUT2D eigenvalue weighted by molar-refractivity contribution is 6.00. The molecular formula is C31H27FN6O. The average molecular weight is 519 g/mol. The van der Waals surface area contributed by atoms with Crippen molar-refractivity contribution >= 4 is 33.3 Å². The number of carbonyl (C=O) groups excluding carboxylic acids is 1. The summed E-state index contributed by atoms with van der Waals surface area (Å²) in [5, 5.41) is 12.5. The van der Waals surface area contributed by atoms with Gasteiger partial charge in [0.05, 0.1) is 28.8 Å². The van der Waals surface area contributed by atoms with Crippen molar-refractivity contribution in [1.82, 2.24) is 30.5 Å². The number of H-pyrrole nitrogens is 2. The minimum Gasteiger partial charge on any atom is -0.353 e. The van der Waals surface area contributed by atoms with Gasteiger partial charge in [-0.2, -0.15) is 5.10 Å². The first-order valence-electron chi connectivity index (χ1n) is 12.9. The molecule has 1 aliphatic rings. The Bertz CT molecular complexity index is 1770. The van der Waals surface area contributed by atoms with Crippen LogP contribution in [0.25, 0.3) is 50.0 Å². The first kappa shape index (κ1) is 24.5. The molecule has 39 heavy (non-hydrogen) atoms. The normalized spacial score (nSPS) is 14.5. The van der Waals surface area contributed by atoms with E-state index in [1.54, 1.807) is 30.6 Å². The zero-order valence-corrected chi connectivity index (χ0v) is 21.5. The smallest absolute Gasteiger partial charge is 0.227 e. The van der Waals surface area contributed by atoms with Crippen molar-refractivity contribution in [3.05, 3.63) is 96.9 Å². The third kappa shape index (κ3) is 4.65. The molecular weight excluding hydrogens is 491 g/mol. The molecule has 8 heteroatoms. The zero-order valence-electron chi connectivity index (χ0n) is 21.5. The van der Waals surface area contributed by atoms with Crippen molar-refractivity contribution < 1.29 is 9.18 Å². The van der Waals surface area contributed by atoms with E-state index in [9.17, 15) is 9.18 Å². The Hall–Kier alpha value is -4.85. The van der Waals surface area contributed by atoms with E-state index in [1.165, 1.54) is 12.1 Å². The molecule has 1 aromatic carbocycles. The summed E-state index contributed by atoms with van der Waals surface area (Å²) in [4.78, 5) is 25.1. The molecule has 1 saturated carbocycles. The van der Waals surface area contributed by atoms with Crippen LogP contribution in [0.3, 0.4) is 0 Å². The molecule has 0 atom stereocenters. The van der Waals surface area contributed by atoms with Gasteiger partial charge in [0.1, 0.15) is 11.5 Å². The molecule has 6 rings (SSSR count).